The minimum Gasteiger partial charge on any atom is -0.479 e. The molecule has 1 amide bonds. The Morgan fingerprint density at radius 2 is 2.09 bits per heavy atom. The Labute approximate surface area is 153 Å². The fraction of sp³-hybridized carbons (Fsp3) is 0.588. The average molecular weight is 406 g/mol. The largest absolute Gasteiger partial charge is 0.479 e. The number of benzene rings is 1. The van der Waals surface area contributed by atoms with Gasteiger partial charge in [0, 0.05) is 19.1 Å². The standard InChI is InChI=1S/C17H25BrN2O2.ClH/c1-12(2)16(22-15-9-5-4-8-14(15)18)17(21)20-10-6-7-13(11-20)19-3;/h4-5,8-9,12-13,16,19H,6-7,10-11H2,1-3H3;1H. The first-order valence-electron chi connectivity index (χ1n) is 7.90. The van der Waals surface area contributed by atoms with Gasteiger partial charge in [0.25, 0.3) is 5.91 Å². The van der Waals surface area contributed by atoms with E-state index < -0.39 is 6.10 Å². The van der Waals surface area contributed by atoms with Crippen LogP contribution in [0.1, 0.15) is 26.7 Å². The number of carbonyl (C=O) groups is 1. The molecule has 1 fully saturated rings. The van der Waals surface area contributed by atoms with Crippen molar-refractivity contribution >= 4 is 34.2 Å². The van der Waals surface area contributed by atoms with E-state index in [2.05, 4.69) is 21.2 Å². The summed E-state index contributed by atoms with van der Waals surface area (Å²) in [5.41, 5.74) is 0. The van der Waals surface area contributed by atoms with Gasteiger partial charge in [-0.15, -0.1) is 12.4 Å². The molecule has 0 aromatic heterocycles. The van der Waals surface area contributed by atoms with Gasteiger partial charge in [0.05, 0.1) is 4.47 Å². The van der Waals surface area contributed by atoms with Gasteiger partial charge in [0.2, 0.25) is 0 Å². The number of nitrogens with one attached hydrogen (secondary N) is 1. The molecule has 0 saturated carbocycles. The van der Waals surface area contributed by atoms with E-state index in [1.165, 1.54) is 0 Å². The number of carbonyl (C=O) groups excluding carboxylic acids is 1. The van der Waals surface area contributed by atoms with Crippen molar-refractivity contribution in [2.24, 2.45) is 5.92 Å². The Hall–Kier alpha value is -0.780. The third-order valence-corrected chi connectivity index (χ3v) is 4.74. The highest BCUT2D eigenvalue weighted by Crippen LogP contribution is 2.27. The Balaban J connectivity index is 0.00000264. The lowest BCUT2D eigenvalue weighted by Crippen LogP contribution is -2.52. The molecule has 130 valence electrons. The normalized spacial score (nSPS) is 19.2. The van der Waals surface area contributed by atoms with Crippen LogP contribution >= 0.6 is 28.3 Å². The number of para-hydroxylation sites is 1. The highest BCUT2D eigenvalue weighted by molar-refractivity contribution is 9.10. The quantitative estimate of drug-likeness (QED) is 0.815. The maximum absolute atomic E-state index is 12.9. The Kier molecular flexibility index (Phi) is 8.37. The summed E-state index contributed by atoms with van der Waals surface area (Å²) in [6.07, 6.45) is 1.71. The van der Waals surface area contributed by atoms with E-state index in [9.17, 15) is 4.79 Å². The van der Waals surface area contributed by atoms with E-state index in [1.807, 2.05) is 50.1 Å². The Morgan fingerprint density at radius 3 is 2.70 bits per heavy atom. The lowest BCUT2D eigenvalue weighted by Gasteiger charge is -2.35. The smallest absolute Gasteiger partial charge is 0.263 e. The number of likely N-dealkylation sites (tertiary alicyclic amines) is 1. The maximum Gasteiger partial charge on any atom is 0.263 e. The molecule has 2 atom stereocenters. The molecular formula is C17H26BrClN2O2. The molecular weight excluding hydrogens is 380 g/mol. The van der Waals surface area contributed by atoms with Crippen LogP contribution in [-0.4, -0.2) is 43.1 Å². The first-order chi connectivity index (χ1) is 10.5. The molecule has 2 rings (SSSR count). The van der Waals surface area contributed by atoms with Gasteiger partial charge in [-0.3, -0.25) is 4.79 Å². The summed E-state index contributed by atoms with van der Waals surface area (Å²) >= 11 is 3.48. The highest BCUT2D eigenvalue weighted by Gasteiger charge is 2.32. The van der Waals surface area contributed by atoms with Crippen molar-refractivity contribution in [1.82, 2.24) is 10.2 Å². The summed E-state index contributed by atoms with van der Waals surface area (Å²) in [4.78, 5) is 14.8. The van der Waals surface area contributed by atoms with Crippen LogP contribution < -0.4 is 10.1 Å². The van der Waals surface area contributed by atoms with E-state index >= 15 is 0 Å². The van der Waals surface area contributed by atoms with Crippen molar-refractivity contribution in [1.29, 1.82) is 0 Å². The molecule has 1 saturated heterocycles. The van der Waals surface area contributed by atoms with Crippen LogP contribution in [0.15, 0.2) is 28.7 Å². The number of piperidine rings is 1. The predicted molar refractivity (Wildman–Crippen MR) is 99.3 cm³/mol. The molecule has 1 heterocycles. The van der Waals surface area contributed by atoms with Crippen molar-refractivity contribution in [3.05, 3.63) is 28.7 Å². The number of ether oxygens (including phenoxy) is 1. The molecule has 6 heteroatoms. The zero-order chi connectivity index (χ0) is 16.1. The summed E-state index contributed by atoms with van der Waals surface area (Å²) in [6.45, 7) is 5.63. The molecule has 1 aliphatic heterocycles. The third kappa shape index (κ3) is 5.37. The van der Waals surface area contributed by atoms with E-state index in [4.69, 9.17) is 4.74 Å². The summed E-state index contributed by atoms with van der Waals surface area (Å²) in [5.74, 6) is 0.928. The maximum atomic E-state index is 12.9. The van der Waals surface area contributed by atoms with Gasteiger partial charge < -0.3 is 15.0 Å². The van der Waals surface area contributed by atoms with E-state index in [-0.39, 0.29) is 24.2 Å². The van der Waals surface area contributed by atoms with Crippen LogP contribution in [0, 0.1) is 5.92 Å². The molecule has 0 aliphatic carbocycles. The number of nitrogens with zero attached hydrogens (tertiary/aromatic N) is 1. The van der Waals surface area contributed by atoms with Gasteiger partial charge in [-0.1, -0.05) is 26.0 Å². The van der Waals surface area contributed by atoms with Crippen LogP contribution in [0.25, 0.3) is 0 Å². The second-order valence-corrected chi connectivity index (χ2v) is 6.98. The SMILES string of the molecule is CNC1CCCN(C(=O)C(Oc2ccccc2Br)C(C)C)C1.Cl. The Morgan fingerprint density at radius 1 is 1.39 bits per heavy atom. The van der Waals surface area contributed by atoms with Gasteiger partial charge in [0.1, 0.15) is 5.75 Å². The number of rotatable bonds is 5. The molecule has 1 aromatic carbocycles. The fourth-order valence-electron chi connectivity index (χ4n) is 2.74. The fourth-order valence-corrected chi connectivity index (χ4v) is 3.12. The molecule has 1 aromatic rings. The molecule has 0 radical (unpaired) electrons. The minimum atomic E-state index is -0.450. The lowest BCUT2D eigenvalue weighted by atomic mass is 10.0. The third-order valence-electron chi connectivity index (χ3n) is 4.08. The molecule has 1 aliphatic rings. The zero-order valence-electron chi connectivity index (χ0n) is 13.9. The van der Waals surface area contributed by atoms with E-state index in [0.29, 0.717) is 6.04 Å². The first kappa shape index (κ1) is 20.3. The van der Waals surface area contributed by atoms with Crippen molar-refractivity contribution in [3.63, 3.8) is 0 Å². The van der Waals surface area contributed by atoms with Gasteiger partial charge in [-0.25, -0.2) is 0 Å². The van der Waals surface area contributed by atoms with Crippen LogP contribution in [0.3, 0.4) is 0 Å². The lowest BCUT2D eigenvalue weighted by molar-refractivity contribution is -0.142. The zero-order valence-corrected chi connectivity index (χ0v) is 16.3. The summed E-state index contributed by atoms with van der Waals surface area (Å²) < 4.78 is 6.91. The average Bonchev–Trinajstić information content (AvgIpc) is 2.53. The molecule has 1 N–H and O–H groups in total. The number of amides is 1. The van der Waals surface area contributed by atoms with Crippen LogP contribution in [-0.2, 0) is 4.79 Å². The summed E-state index contributed by atoms with van der Waals surface area (Å²) in [5, 5.41) is 3.27. The first-order valence-corrected chi connectivity index (χ1v) is 8.69. The van der Waals surface area contributed by atoms with Crippen LogP contribution in [0.2, 0.25) is 0 Å². The van der Waals surface area contributed by atoms with Crippen molar-refractivity contribution in [2.75, 3.05) is 20.1 Å². The van der Waals surface area contributed by atoms with Crippen molar-refractivity contribution < 1.29 is 9.53 Å². The van der Waals surface area contributed by atoms with Crippen LogP contribution in [0.5, 0.6) is 5.75 Å². The molecule has 2 unspecified atom stereocenters. The highest BCUT2D eigenvalue weighted by atomic mass is 79.9. The van der Waals surface area contributed by atoms with E-state index in [0.717, 1.165) is 36.2 Å². The van der Waals surface area contributed by atoms with Gasteiger partial charge in [0.15, 0.2) is 6.10 Å². The molecule has 23 heavy (non-hydrogen) atoms. The summed E-state index contributed by atoms with van der Waals surface area (Å²) in [6, 6.07) is 8.05. The molecule has 4 nitrogen and oxygen atoms in total. The second-order valence-electron chi connectivity index (χ2n) is 6.12. The second kappa shape index (κ2) is 9.50. The van der Waals surface area contributed by atoms with E-state index in [1.54, 1.807) is 0 Å². The number of halogens is 2. The molecule has 0 bridgehead atoms. The van der Waals surface area contributed by atoms with Crippen molar-refractivity contribution in [2.45, 2.75) is 38.8 Å². The van der Waals surface area contributed by atoms with Crippen LogP contribution in [0.4, 0.5) is 0 Å². The minimum absolute atomic E-state index is 0. The van der Waals surface area contributed by atoms with Gasteiger partial charge >= 0.3 is 0 Å². The predicted octanol–water partition coefficient (Wildman–Crippen LogP) is 3.48. The number of likely N-dealkylation sites (N-methyl/N-ethyl adjacent to an activating group) is 1. The monoisotopic (exact) mass is 404 g/mol. The van der Waals surface area contributed by atoms with Crippen molar-refractivity contribution in [3.8, 4) is 5.75 Å². The van der Waals surface area contributed by atoms with Gasteiger partial charge in [-0.05, 0) is 53.9 Å². The molecule has 0 spiro atoms. The summed E-state index contributed by atoms with van der Waals surface area (Å²) in [7, 11) is 1.95. The number of hydrogen-bond donors (Lipinski definition) is 1. The topological polar surface area (TPSA) is 41.6 Å². The Bertz CT molecular complexity index is 513. The number of hydrogen-bond acceptors (Lipinski definition) is 3. The van der Waals surface area contributed by atoms with Gasteiger partial charge in [-0.2, -0.15) is 0 Å².